The molecule has 1 aromatic heterocycles. The van der Waals surface area contributed by atoms with Crippen LogP contribution in [0.2, 0.25) is 5.15 Å². The molecule has 0 N–H and O–H groups in total. The zero-order chi connectivity index (χ0) is 7.56. The smallest absolute Gasteiger partial charge is 0.130 e. The number of hydrogen-bond acceptors (Lipinski definition) is 2. The van der Waals surface area contributed by atoms with E-state index in [-0.39, 0.29) is 0 Å². The SMILES string of the molecule is Cn1ncc(CC=O)c1Cl. The molecule has 0 bridgehead atoms. The van der Waals surface area contributed by atoms with Crippen LogP contribution in [-0.2, 0) is 18.3 Å². The predicted octanol–water partition coefficient (Wildman–Crippen LogP) is 0.815. The second-order valence-corrected chi connectivity index (χ2v) is 2.31. The fourth-order valence-corrected chi connectivity index (χ4v) is 0.864. The average Bonchev–Trinajstić information content (AvgIpc) is 2.20. The fourth-order valence-electron chi connectivity index (χ4n) is 0.695. The molecule has 0 saturated carbocycles. The third kappa shape index (κ3) is 1.19. The summed E-state index contributed by atoms with van der Waals surface area (Å²) in [6.07, 6.45) is 2.74. The van der Waals surface area contributed by atoms with Crippen LogP contribution in [0.1, 0.15) is 5.56 Å². The van der Waals surface area contributed by atoms with Gasteiger partial charge in [0.25, 0.3) is 0 Å². The first-order valence-electron chi connectivity index (χ1n) is 2.85. The van der Waals surface area contributed by atoms with Gasteiger partial charge in [0.15, 0.2) is 0 Å². The summed E-state index contributed by atoms with van der Waals surface area (Å²) in [6, 6.07) is 0. The Hall–Kier alpha value is -0.830. The molecular formula is C6H7ClN2O. The van der Waals surface area contributed by atoms with Crippen molar-refractivity contribution in [3.05, 3.63) is 16.9 Å². The standard InChI is InChI=1S/C6H7ClN2O/c1-9-6(7)5(2-3-10)4-8-9/h3-4H,2H2,1H3. The van der Waals surface area contributed by atoms with Crippen LogP contribution in [0.5, 0.6) is 0 Å². The van der Waals surface area contributed by atoms with E-state index in [1.807, 2.05) is 0 Å². The van der Waals surface area contributed by atoms with Gasteiger partial charge in [0.05, 0.1) is 6.20 Å². The highest BCUT2D eigenvalue weighted by atomic mass is 35.5. The second kappa shape index (κ2) is 2.84. The Morgan fingerprint density at radius 2 is 2.60 bits per heavy atom. The number of rotatable bonds is 2. The van der Waals surface area contributed by atoms with Gasteiger partial charge in [-0.05, 0) is 0 Å². The van der Waals surface area contributed by atoms with Gasteiger partial charge < -0.3 is 4.79 Å². The van der Waals surface area contributed by atoms with E-state index in [1.54, 1.807) is 13.2 Å². The van der Waals surface area contributed by atoms with E-state index in [2.05, 4.69) is 5.10 Å². The third-order valence-electron chi connectivity index (χ3n) is 1.24. The number of carbonyl (C=O) groups excluding carboxylic acids is 1. The normalized spacial score (nSPS) is 9.80. The minimum Gasteiger partial charge on any atom is -0.303 e. The lowest BCUT2D eigenvalue weighted by Gasteiger charge is -1.90. The number of aldehydes is 1. The van der Waals surface area contributed by atoms with Gasteiger partial charge in [-0.3, -0.25) is 4.68 Å². The van der Waals surface area contributed by atoms with Crippen molar-refractivity contribution in [2.45, 2.75) is 6.42 Å². The maximum absolute atomic E-state index is 10.0. The van der Waals surface area contributed by atoms with Crippen molar-refractivity contribution >= 4 is 17.9 Å². The Kier molecular flexibility index (Phi) is 2.06. The Labute approximate surface area is 63.6 Å². The molecule has 3 nitrogen and oxygen atoms in total. The highest BCUT2D eigenvalue weighted by Gasteiger charge is 2.02. The van der Waals surface area contributed by atoms with E-state index < -0.39 is 0 Å². The summed E-state index contributed by atoms with van der Waals surface area (Å²) in [4.78, 5) is 10.0. The van der Waals surface area contributed by atoms with Gasteiger partial charge in [0.1, 0.15) is 11.4 Å². The molecule has 0 saturated heterocycles. The van der Waals surface area contributed by atoms with Crippen molar-refractivity contribution in [2.75, 3.05) is 0 Å². The summed E-state index contributed by atoms with van der Waals surface area (Å²) in [7, 11) is 1.73. The first kappa shape index (κ1) is 7.28. The minimum absolute atomic E-state index is 0.340. The summed E-state index contributed by atoms with van der Waals surface area (Å²) in [5, 5.41) is 4.39. The van der Waals surface area contributed by atoms with E-state index >= 15 is 0 Å². The van der Waals surface area contributed by atoms with Crippen LogP contribution in [-0.4, -0.2) is 16.1 Å². The van der Waals surface area contributed by atoms with Crippen LogP contribution in [0, 0.1) is 0 Å². The molecular weight excluding hydrogens is 152 g/mol. The van der Waals surface area contributed by atoms with E-state index in [0.717, 1.165) is 11.8 Å². The molecule has 4 heteroatoms. The molecule has 0 radical (unpaired) electrons. The van der Waals surface area contributed by atoms with Crippen LogP contribution < -0.4 is 0 Å². The number of halogens is 1. The Morgan fingerprint density at radius 1 is 1.90 bits per heavy atom. The maximum Gasteiger partial charge on any atom is 0.130 e. The van der Waals surface area contributed by atoms with Crippen molar-refractivity contribution in [2.24, 2.45) is 7.05 Å². The van der Waals surface area contributed by atoms with Crippen molar-refractivity contribution in [3.8, 4) is 0 Å². The average molecular weight is 159 g/mol. The summed E-state index contributed by atoms with van der Waals surface area (Å²) in [6.45, 7) is 0. The molecule has 0 aliphatic carbocycles. The molecule has 1 heterocycles. The van der Waals surface area contributed by atoms with Crippen LogP contribution in [0.25, 0.3) is 0 Å². The second-order valence-electron chi connectivity index (χ2n) is 1.96. The van der Waals surface area contributed by atoms with E-state index in [9.17, 15) is 4.79 Å². The molecule has 0 fully saturated rings. The Balaban J connectivity index is 2.93. The number of aromatic nitrogens is 2. The molecule has 1 rings (SSSR count). The van der Waals surface area contributed by atoms with Gasteiger partial charge in [-0.1, -0.05) is 11.6 Å². The van der Waals surface area contributed by atoms with Gasteiger partial charge in [-0.15, -0.1) is 0 Å². The van der Waals surface area contributed by atoms with Gasteiger partial charge in [-0.2, -0.15) is 5.10 Å². The summed E-state index contributed by atoms with van der Waals surface area (Å²) in [5.41, 5.74) is 0.777. The summed E-state index contributed by atoms with van der Waals surface area (Å²) in [5.74, 6) is 0. The lowest BCUT2D eigenvalue weighted by atomic mass is 10.3. The van der Waals surface area contributed by atoms with Gasteiger partial charge in [0.2, 0.25) is 0 Å². The molecule has 0 aliphatic rings. The molecule has 10 heavy (non-hydrogen) atoms. The first-order valence-corrected chi connectivity index (χ1v) is 3.23. The molecule has 0 spiro atoms. The monoisotopic (exact) mass is 158 g/mol. The molecule has 0 unspecified atom stereocenters. The summed E-state index contributed by atoms with van der Waals surface area (Å²) < 4.78 is 1.53. The summed E-state index contributed by atoms with van der Waals surface area (Å²) >= 11 is 5.73. The van der Waals surface area contributed by atoms with Crippen molar-refractivity contribution in [1.29, 1.82) is 0 Å². The van der Waals surface area contributed by atoms with Crippen molar-refractivity contribution in [1.82, 2.24) is 9.78 Å². The van der Waals surface area contributed by atoms with Crippen LogP contribution in [0.15, 0.2) is 6.20 Å². The Bertz CT molecular complexity index is 244. The maximum atomic E-state index is 10.0. The fraction of sp³-hybridized carbons (Fsp3) is 0.333. The van der Waals surface area contributed by atoms with Crippen LogP contribution >= 0.6 is 11.6 Å². The number of carbonyl (C=O) groups is 1. The zero-order valence-corrected chi connectivity index (χ0v) is 6.30. The lowest BCUT2D eigenvalue weighted by Crippen LogP contribution is -1.89. The van der Waals surface area contributed by atoms with Crippen LogP contribution in [0.3, 0.4) is 0 Å². The molecule has 0 aliphatic heterocycles. The molecule has 1 aromatic rings. The van der Waals surface area contributed by atoms with E-state index in [1.165, 1.54) is 4.68 Å². The molecule has 54 valence electrons. The van der Waals surface area contributed by atoms with Crippen molar-refractivity contribution < 1.29 is 4.79 Å². The Morgan fingerprint density at radius 3 is 3.00 bits per heavy atom. The highest BCUT2D eigenvalue weighted by Crippen LogP contribution is 2.12. The quantitative estimate of drug-likeness (QED) is 0.598. The molecule has 0 amide bonds. The van der Waals surface area contributed by atoms with Crippen LogP contribution in [0.4, 0.5) is 0 Å². The predicted molar refractivity (Wildman–Crippen MR) is 38.0 cm³/mol. The van der Waals surface area contributed by atoms with Gasteiger partial charge in [-0.25, -0.2) is 0 Å². The number of aryl methyl sites for hydroxylation is 1. The minimum atomic E-state index is 0.340. The van der Waals surface area contributed by atoms with Gasteiger partial charge in [0, 0.05) is 19.0 Å². The molecule has 0 atom stereocenters. The lowest BCUT2D eigenvalue weighted by molar-refractivity contribution is -0.107. The van der Waals surface area contributed by atoms with Gasteiger partial charge >= 0.3 is 0 Å². The third-order valence-corrected chi connectivity index (χ3v) is 1.73. The molecule has 0 aromatic carbocycles. The zero-order valence-electron chi connectivity index (χ0n) is 5.54. The van der Waals surface area contributed by atoms with Crippen molar-refractivity contribution in [3.63, 3.8) is 0 Å². The number of nitrogens with zero attached hydrogens (tertiary/aromatic N) is 2. The number of hydrogen-bond donors (Lipinski definition) is 0. The topological polar surface area (TPSA) is 34.9 Å². The first-order chi connectivity index (χ1) is 4.75. The highest BCUT2D eigenvalue weighted by molar-refractivity contribution is 6.30. The largest absolute Gasteiger partial charge is 0.303 e. The van der Waals surface area contributed by atoms with E-state index in [0.29, 0.717) is 11.6 Å². The van der Waals surface area contributed by atoms with E-state index in [4.69, 9.17) is 11.6 Å².